The molecule has 0 N–H and O–H groups in total. The number of rotatable bonds is 8. The maximum atomic E-state index is 10.9. The van der Waals surface area contributed by atoms with Crippen LogP contribution in [-0.4, -0.2) is 24.1 Å². The van der Waals surface area contributed by atoms with Crippen molar-refractivity contribution in [2.24, 2.45) is 0 Å². The number of carbonyl (C=O) groups is 3. The average Bonchev–Trinajstić information content (AvgIpc) is 2.22. The Labute approximate surface area is 89.3 Å². The summed E-state index contributed by atoms with van der Waals surface area (Å²) in [6.07, 6.45) is 3.52. The lowest BCUT2D eigenvalue weighted by atomic mass is 10.1. The zero-order valence-corrected chi connectivity index (χ0v) is 8.95. The Morgan fingerprint density at radius 1 is 1.20 bits per heavy atom. The van der Waals surface area contributed by atoms with Crippen molar-refractivity contribution in [2.75, 3.05) is 6.61 Å². The van der Waals surface area contributed by atoms with E-state index in [1.54, 1.807) is 0 Å². The first-order valence-electron chi connectivity index (χ1n) is 4.91. The van der Waals surface area contributed by atoms with Gasteiger partial charge < -0.3 is 4.74 Å². The number of Topliss-reactive ketones (excluding diaryl/α,β-unsaturated/α-hetero) is 2. The lowest BCUT2D eigenvalue weighted by Gasteiger charge is -2.01. The van der Waals surface area contributed by atoms with E-state index in [4.69, 9.17) is 4.74 Å². The van der Waals surface area contributed by atoms with Crippen LogP contribution in [0.4, 0.5) is 0 Å². The molecular weight excluding hydrogens is 196 g/mol. The largest absolute Gasteiger partial charge is 0.463 e. The van der Waals surface area contributed by atoms with Gasteiger partial charge in [-0.25, -0.2) is 4.79 Å². The second-order valence-electron chi connectivity index (χ2n) is 3.16. The van der Waals surface area contributed by atoms with Crippen molar-refractivity contribution >= 4 is 17.5 Å². The van der Waals surface area contributed by atoms with Crippen molar-refractivity contribution in [2.45, 2.75) is 32.6 Å². The van der Waals surface area contributed by atoms with Crippen LogP contribution in [0.25, 0.3) is 0 Å². The number of ketones is 2. The second kappa shape index (κ2) is 7.91. The molecule has 0 rings (SSSR count). The summed E-state index contributed by atoms with van der Waals surface area (Å²) in [5.74, 6) is -1.17. The minimum atomic E-state index is -0.435. The standard InChI is InChI=1S/C11H16O4/c1-3-11(14)15-8-6-4-5-7-10(13)9(2)12/h3H,1,4-8H2,2H3. The highest BCUT2D eigenvalue weighted by Gasteiger charge is 2.06. The molecule has 4 heteroatoms. The molecule has 0 unspecified atom stereocenters. The van der Waals surface area contributed by atoms with Crippen LogP contribution < -0.4 is 0 Å². The Kier molecular flexibility index (Phi) is 7.14. The summed E-state index contributed by atoms with van der Waals surface area (Å²) in [5, 5.41) is 0. The molecule has 0 spiro atoms. The highest BCUT2D eigenvalue weighted by atomic mass is 16.5. The first-order valence-corrected chi connectivity index (χ1v) is 4.91. The molecule has 15 heavy (non-hydrogen) atoms. The smallest absolute Gasteiger partial charge is 0.330 e. The zero-order valence-electron chi connectivity index (χ0n) is 8.95. The third kappa shape index (κ3) is 7.61. The maximum absolute atomic E-state index is 10.9. The topological polar surface area (TPSA) is 60.4 Å². The van der Waals surface area contributed by atoms with Gasteiger partial charge in [0.25, 0.3) is 0 Å². The van der Waals surface area contributed by atoms with Gasteiger partial charge in [-0.3, -0.25) is 9.59 Å². The SMILES string of the molecule is C=CC(=O)OCCCCCC(=O)C(C)=O. The predicted molar refractivity (Wildman–Crippen MR) is 55.3 cm³/mol. The lowest BCUT2D eigenvalue weighted by molar-refractivity contribution is -0.137. The summed E-state index contributed by atoms with van der Waals surface area (Å²) in [4.78, 5) is 32.0. The van der Waals surface area contributed by atoms with Crippen molar-refractivity contribution in [3.8, 4) is 0 Å². The molecule has 84 valence electrons. The Morgan fingerprint density at radius 3 is 2.40 bits per heavy atom. The van der Waals surface area contributed by atoms with E-state index >= 15 is 0 Å². The summed E-state index contributed by atoms with van der Waals surface area (Å²) in [6, 6.07) is 0. The summed E-state index contributed by atoms with van der Waals surface area (Å²) in [6.45, 7) is 4.87. The molecule has 0 aromatic heterocycles. The molecule has 4 nitrogen and oxygen atoms in total. The van der Waals surface area contributed by atoms with Gasteiger partial charge in [0.1, 0.15) is 0 Å². The number of esters is 1. The quantitative estimate of drug-likeness (QED) is 0.264. The number of unbranched alkanes of at least 4 members (excludes halogenated alkanes) is 2. The van der Waals surface area contributed by atoms with Crippen LogP contribution in [0.2, 0.25) is 0 Å². The van der Waals surface area contributed by atoms with Gasteiger partial charge in [0, 0.05) is 19.4 Å². The van der Waals surface area contributed by atoms with Gasteiger partial charge >= 0.3 is 5.97 Å². The molecular formula is C11H16O4. The molecule has 0 radical (unpaired) electrons. The van der Waals surface area contributed by atoms with E-state index in [-0.39, 0.29) is 12.2 Å². The van der Waals surface area contributed by atoms with Crippen molar-refractivity contribution in [3.63, 3.8) is 0 Å². The van der Waals surface area contributed by atoms with Gasteiger partial charge in [0.05, 0.1) is 6.61 Å². The molecule has 0 amide bonds. The van der Waals surface area contributed by atoms with Crippen LogP contribution in [0.3, 0.4) is 0 Å². The summed E-state index contributed by atoms with van der Waals surface area (Å²) in [7, 11) is 0. The predicted octanol–water partition coefficient (Wildman–Crippen LogP) is 1.43. The average molecular weight is 212 g/mol. The van der Waals surface area contributed by atoms with Crippen molar-refractivity contribution in [1.82, 2.24) is 0 Å². The molecule has 0 aliphatic carbocycles. The van der Waals surface area contributed by atoms with Crippen molar-refractivity contribution in [1.29, 1.82) is 0 Å². The molecule has 0 saturated heterocycles. The molecule has 0 aromatic rings. The minimum absolute atomic E-state index is 0.282. The fourth-order valence-corrected chi connectivity index (χ4v) is 0.972. The van der Waals surface area contributed by atoms with Crippen LogP contribution >= 0.6 is 0 Å². The van der Waals surface area contributed by atoms with Crippen LogP contribution in [0, 0.1) is 0 Å². The summed E-state index contributed by atoms with van der Waals surface area (Å²) in [5.41, 5.74) is 0. The highest BCUT2D eigenvalue weighted by molar-refractivity contribution is 6.36. The van der Waals surface area contributed by atoms with E-state index in [1.807, 2.05) is 0 Å². The number of hydrogen-bond acceptors (Lipinski definition) is 4. The Morgan fingerprint density at radius 2 is 1.87 bits per heavy atom. The van der Waals surface area contributed by atoms with E-state index < -0.39 is 11.8 Å². The highest BCUT2D eigenvalue weighted by Crippen LogP contribution is 2.01. The number of ether oxygens (including phenoxy) is 1. The third-order valence-electron chi connectivity index (χ3n) is 1.85. The summed E-state index contributed by atoms with van der Waals surface area (Å²) >= 11 is 0. The normalized spacial score (nSPS) is 9.40. The van der Waals surface area contributed by atoms with Gasteiger partial charge in [-0.15, -0.1) is 0 Å². The molecule has 0 heterocycles. The zero-order chi connectivity index (χ0) is 11.7. The van der Waals surface area contributed by atoms with Gasteiger partial charge in [-0.1, -0.05) is 6.58 Å². The molecule has 0 atom stereocenters. The maximum Gasteiger partial charge on any atom is 0.330 e. The fraction of sp³-hybridized carbons (Fsp3) is 0.545. The Hall–Kier alpha value is -1.45. The summed E-state index contributed by atoms with van der Waals surface area (Å²) < 4.78 is 4.74. The van der Waals surface area contributed by atoms with Crippen LogP contribution in [0.5, 0.6) is 0 Å². The second-order valence-corrected chi connectivity index (χ2v) is 3.16. The molecule has 0 aromatic carbocycles. The van der Waals surface area contributed by atoms with Crippen molar-refractivity contribution in [3.05, 3.63) is 12.7 Å². The monoisotopic (exact) mass is 212 g/mol. The van der Waals surface area contributed by atoms with Crippen molar-refractivity contribution < 1.29 is 19.1 Å². The first kappa shape index (κ1) is 13.5. The molecule has 0 aliphatic heterocycles. The number of carbonyl (C=O) groups excluding carboxylic acids is 3. The lowest BCUT2D eigenvalue weighted by Crippen LogP contribution is -2.08. The van der Waals surface area contributed by atoms with Gasteiger partial charge in [0.15, 0.2) is 11.6 Å². The molecule has 0 fully saturated rings. The van der Waals surface area contributed by atoms with E-state index in [0.29, 0.717) is 19.4 Å². The molecule has 0 bridgehead atoms. The van der Waals surface area contributed by atoms with Gasteiger partial charge in [-0.2, -0.15) is 0 Å². The fourth-order valence-electron chi connectivity index (χ4n) is 0.972. The van der Waals surface area contributed by atoms with Gasteiger partial charge in [0.2, 0.25) is 0 Å². The van der Waals surface area contributed by atoms with Crippen LogP contribution in [0.15, 0.2) is 12.7 Å². The van der Waals surface area contributed by atoms with E-state index in [2.05, 4.69) is 6.58 Å². The first-order chi connectivity index (χ1) is 7.07. The Balaban J connectivity index is 3.32. The van der Waals surface area contributed by atoms with Crippen LogP contribution in [-0.2, 0) is 19.1 Å². The third-order valence-corrected chi connectivity index (χ3v) is 1.85. The molecule has 0 aliphatic rings. The van der Waals surface area contributed by atoms with Gasteiger partial charge in [-0.05, 0) is 19.3 Å². The van der Waals surface area contributed by atoms with Crippen LogP contribution in [0.1, 0.15) is 32.6 Å². The van der Waals surface area contributed by atoms with E-state index in [0.717, 1.165) is 12.5 Å². The van der Waals surface area contributed by atoms with E-state index in [9.17, 15) is 14.4 Å². The molecule has 0 saturated carbocycles. The minimum Gasteiger partial charge on any atom is -0.463 e. The number of hydrogen-bond donors (Lipinski definition) is 0. The van der Waals surface area contributed by atoms with E-state index in [1.165, 1.54) is 6.92 Å². The Bertz CT molecular complexity index is 255.